The van der Waals surface area contributed by atoms with Gasteiger partial charge in [-0.15, -0.1) is 0 Å². The molecule has 0 N–H and O–H groups in total. The summed E-state index contributed by atoms with van der Waals surface area (Å²) in [7, 11) is 1.44. The summed E-state index contributed by atoms with van der Waals surface area (Å²) < 4.78 is 40.1. The van der Waals surface area contributed by atoms with Crippen molar-refractivity contribution in [2.45, 2.75) is 20.0 Å². The highest BCUT2D eigenvalue weighted by Gasteiger charge is 2.38. The van der Waals surface area contributed by atoms with Gasteiger partial charge in [-0.3, -0.25) is 0 Å². The lowest BCUT2D eigenvalue weighted by molar-refractivity contribution is -0.143. The lowest BCUT2D eigenvalue weighted by atomic mass is 10.1. The van der Waals surface area contributed by atoms with Gasteiger partial charge >= 0.3 is 6.18 Å². The van der Waals surface area contributed by atoms with E-state index < -0.39 is 11.9 Å². The van der Waals surface area contributed by atoms with Gasteiger partial charge in [-0.1, -0.05) is 11.6 Å². The second-order valence-electron chi connectivity index (χ2n) is 4.20. The number of alkyl halides is 3. The summed E-state index contributed by atoms with van der Waals surface area (Å²) in [5.41, 5.74) is 1.78. The van der Waals surface area contributed by atoms with Crippen molar-refractivity contribution < 1.29 is 13.2 Å². The van der Waals surface area contributed by atoms with Crippen LogP contribution in [0.25, 0.3) is 10.9 Å². The first-order valence-electron chi connectivity index (χ1n) is 5.06. The van der Waals surface area contributed by atoms with Crippen molar-refractivity contribution in [3.8, 4) is 0 Å². The zero-order valence-electron chi connectivity index (χ0n) is 9.61. The van der Waals surface area contributed by atoms with E-state index in [1.807, 2.05) is 19.9 Å². The fraction of sp³-hybridized carbons (Fsp3) is 0.333. The zero-order valence-corrected chi connectivity index (χ0v) is 11.2. The molecule has 1 heterocycles. The molecule has 0 radical (unpaired) electrons. The third kappa shape index (κ3) is 1.86. The molecule has 2 rings (SSSR count). The summed E-state index contributed by atoms with van der Waals surface area (Å²) in [6.07, 6.45) is -4.35. The van der Waals surface area contributed by atoms with Gasteiger partial charge in [-0.05, 0) is 41.4 Å². The molecule has 5 heteroatoms. The van der Waals surface area contributed by atoms with Gasteiger partial charge < -0.3 is 4.57 Å². The Morgan fingerprint density at radius 2 is 1.76 bits per heavy atom. The molecular formula is C12H11BrF3N. The second kappa shape index (κ2) is 3.77. The summed E-state index contributed by atoms with van der Waals surface area (Å²) in [5.74, 6) is 0. The Morgan fingerprint density at radius 3 is 2.29 bits per heavy atom. The van der Waals surface area contributed by atoms with Crippen molar-refractivity contribution >= 4 is 26.8 Å². The monoisotopic (exact) mass is 305 g/mol. The molecule has 0 aliphatic heterocycles. The molecule has 17 heavy (non-hydrogen) atoms. The number of hydrogen-bond donors (Lipinski definition) is 0. The number of halogens is 4. The lowest BCUT2D eigenvalue weighted by Crippen LogP contribution is -2.11. The number of fused-ring (bicyclic) bond motifs is 1. The van der Waals surface area contributed by atoms with Crippen LogP contribution >= 0.6 is 15.9 Å². The fourth-order valence-electron chi connectivity index (χ4n) is 2.27. The van der Waals surface area contributed by atoms with Gasteiger partial charge in [0.1, 0.15) is 5.69 Å². The van der Waals surface area contributed by atoms with Crippen molar-refractivity contribution in [3.63, 3.8) is 0 Å². The standard InChI is InChI=1S/C12H11BrF3N/c1-6-4-7(2)10-8(5-6)9(13)11(17(10)3)12(14,15)16/h4-5H,1-3H3. The van der Waals surface area contributed by atoms with Crippen LogP contribution in [-0.4, -0.2) is 4.57 Å². The maximum Gasteiger partial charge on any atom is 0.432 e. The predicted molar refractivity (Wildman–Crippen MR) is 65.1 cm³/mol. The van der Waals surface area contributed by atoms with Crippen LogP contribution in [0.5, 0.6) is 0 Å². The Labute approximate surface area is 105 Å². The minimum absolute atomic E-state index is 0.120. The average Bonchev–Trinajstić information content (AvgIpc) is 2.37. The lowest BCUT2D eigenvalue weighted by Gasteiger charge is -2.09. The largest absolute Gasteiger partial charge is 0.432 e. The van der Waals surface area contributed by atoms with Crippen LogP contribution in [-0.2, 0) is 13.2 Å². The van der Waals surface area contributed by atoms with Gasteiger partial charge in [0.2, 0.25) is 0 Å². The molecule has 2 aromatic rings. The third-order valence-electron chi connectivity index (χ3n) is 2.83. The molecule has 0 unspecified atom stereocenters. The van der Waals surface area contributed by atoms with E-state index in [4.69, 9.17) is 0 Å². The Hall–Kier alpha value is -0.970. The summed E-state index contributed by atoms with van der Waals surface area (Å²) in [6.45, 7) is 3.70. The first-order valence-corrected chi connectivity index (χ1v) is 5.85. The van der Waals surface area contributed by atoms with Gasteiger partial charge in [0.05, 0.1) is 9.99 Å². The molecule has 1 nitrogen and oxygen atoms in total. The highest BCUT2D eigenvalue weighted by atomic mass is 79.9. The Bertz CT molecular complexity index is 596. The van der Waals surface area contributed by atoms with E-state index >= 15 is 0 Å². The second-order valence-corrected chi connectivity index (χ2v) is 4.99. The van der Waals surface area contributed by atoms with Gasteiger partial charge in [0.25, 0.3) is 0 Å². The molecule has 0 atom stereocenters. The number of rotatable bonds is 0. The van der Waals surface area contributed by atoms with Crippen LogP contribution in [0.3, 0.4) is 0 Å². The summed E-state index contributed by atoms with van der Waals surface area (Å²) in [6, 6.07) is 3.65. The zero-order chi connectivity index (χ0) is 13.0. The summed E-state index contributed by atoms with van der Waals surface area (Å²) in [4.78, 5) is 0. The first-order chi connectivity index (χ1) is 7.73. The van der Waals surface area contributed by atoms with Crippen molar-refractivity contribution in [2.75, 3.05) is 0 Å². The molecule has 0 aliphatic carbocycles. The van der Waals surface area contributed by atoms with Crippen molar-refractivity contribution in [1.82, 2.24) is 4.57 Å². The number of benzene rings is 1. The van der Waals surface area contributed by atoms with Crippen LogP contribution in [0.2, 0.25) is 0 Å². The average molecular weight is 306 g/mol. The molecule has 0 fully saturated rings. The van der Waals surface area contributed by atoms with E-state index in [0.29, 0.717) is 10.9 Å². The number of aryl methyl sites for hydroxylation is 3. The van der Waals surface area contributed by atoms with E-state index in [9.17, 15) is 13.2 Å². The SMILES string of the molecule is Cc1cc(C)c2c(c1)c(Br)c(C(F)(F)F)n2C. The van der Waals surface area contributed by atoms with Crippen molar-refractivity contribution in [2.24, 2.45) is 7.05 Å². The topological polar surface area (TPSA) is 4.93 Å². The molecule has 0 saturated heterocycles. The normalized spacial score (nSPS) is 12.4. The molecule has 0 bridgehead atoms. The first kappa shape index (κ1) is 12.5. The van der Waals surface area contributed by atoms with Crippen molar-refractivity contribution in [3.05, 3.63) is 33.4 Å². The van der Waals surface area contributed by atoms with Gasteiger partial charge in [-0.2, -0.15) is 13.2 Å². The summed E-state index contributed by atoms with van der Waals surface area (Å²) >= 11 is 3.07. The molecule has 0 spiro atoms. The molecule has 0 amide bonds. The van der Waals surface area contributed by atoms with E-state index in [1.165, 1.54) is 11.6 Å². The molecule has 0 saturated carbocycles. The number of nitrogens with zero attached hydrogens (tertiary/aromatic N) is 1. The quantitative estimate of drug-likeness (QED) is 0.671. The van der Waals surface area contributed by atoms with E-state index in [1.54, 1.807) is 6.07 Å². The smallest absolute Gasteiger partial charge is 0.339 e. The third-order valence-corrected chi connectivity index (χ3v) is 3.63. The molecule has 1 aromatic heterocycles. The predicted octanol–water partition coefficient (Wildman–Crippen LogP) is 4.58. The molecule has 0 aliphatic rings. The number of hydrogen-bond acceptors (Lipinski definition) is 0. The van der Waals surface area contributed by atoms with Gasteiger partial charge in [-0.25, -0.2) is 0 Å². The van der Waals surface area contributed by atoms with Crippen LogP contribution in [0.1, 0.15) is 16.8 Å². The van der Waals surface area contributed by atoms with Crippen molar-refractivity contribution in [1.29, 1.82) is 0 Å². The number of aromatic nitrogens is 1. The van der Waals surface area contributed by atoms with E-state index in [2.05, 4.69) is 15.9 Å². The van der Waals surface area contributed by atoms with E-state index in [-0.39, 0.29) is 4.47 Å². The fourth-order valence-corrected chi connectivity index (χ4v) is 3.07. The van der Waals surface area contributed by atoms with Crippen LogP contribution in [0.15, 0.2) is 16.6 Å². The van der Waals surface area contributed by atoms with Crippen LogP contribution < -0.4 is 0 Å². The maximum absolute atomic E-state index is 12.9. The molecule has 1 aromatic carbocycles. The maximum atomic E-state index is 12.9. The van der Waals surface area contributed by atoms with Gasteiger partial charge in [0.15, 0.2) is 0 Å². The van der Waals surface area contributed by atoms with Gasteiger partial charge in [0, 0.05) is 12.4 Å². The molecular weight excluding hydrogens is 295 g/mol. The van der Waals surface area contributed by atoms with Crippen LogP contribution in [0, 0.1) is 13.8 Å². The highest BCUT2D eigenvalue weighted by molar-refractivity contribution is 9.10. The minimum atomic E-state index is -4.35. The Balaban J connectivity index is 2.96. The summed E-state index contributed by atoms with van der Waals surface area (Å²) in [5, 5.41) is 0.609. The van der Waals surface area contributed by atoms with E-state index in [0.717, 1.165) is 11.1 Å². The van der Waals surface area contributed by atoms with Crippen LogP contribution in [0.4, 0.5) is 13.2 Å². The minimum Gasteiger partial charge on any atom is -0.339 e. The highest BCUT2D eigenvalue weighted by Crippen LogP contribution is 2.41. The Kier molecular flexibility index (Phi) is 2.77. The molecule has 92 valence electrons. The Morgan fingerprint density at radius 1 is 1.18 bits per heavy atom.